The van der Waals surface area contributed by atoms with Crippen LogP contribution in [0.15, 0.2) is 22.9 Å². The van der Waals surface area contributed by atoms with Crippen LogP contribution in [0.1, 0.15) is 29.1 Å². The first kappa shape index (κ1) is 12.6. The molecule has 3 rings (SSSR count). The molecule has 0 saturated carbocycles. The largest absolute Gasteiger partial charge is 0.360 e. The fourth-order valence-electron chi connectivity index (χ4n) is 2.16. The van der Waals surface area contributed by atoms with E-state index in [0.717, 1.165) is 25.9 Å². The first-order valence-electron chi connectivity index (χ1n) is 6.55. The summed E-state index contributed by atoms with van der Waals surface area (Å²) in [4.78, 5) is 22.3. The Bertz CT molecular complexity index is 619. The van der Waals surface area contributed by atoms with E-state index < -0.39 is 0 Å². The quantitative estimate of drug-likeness (QED) is 0.917. The Labute approximate surface area is 116 Å². The molecule has 1 aliphatic heterocycles. The summed E-state index contributed by atoms with van der Waals surface area (Å²) in [7, 11) is 0. The maximum Gasteiger partial charge on any atom is 0.272 e. The highest BCUT2D eigenvalue weighted by Gasteiger charge is 2.20. The summed E-state index contributed by atoms with van der Waals surface area (Å²) in [5, 5.41) is 6.71. The number of hydrogen-bond acceptors (Lipinski definition) is 6. The van der Waals surface area contributed by atoms with Crippen LogP contribution in [-0.4, -0.2) is 39.0 Å². The lowest BCUT2D eigenvalue weighted by Gasteiger charge is -2.14. The number of carbonyl (C=O) groups is 1. The van der Waals surface area contributed by atoms with Gasteiger partial charge in [0.1, 0.15) is 11.5 Å². The number of amides is 1. The normalized spacial score (nSPS) is 14.6. The smallest absolute Gasteiger partial charge is 0.272 e. The van der Waals surface area contributed by atoms with Crippen LogP contribution in [0, 0.1) is 6.92 Å². The lowest BCUT2D eigenvalue weighted by molar-refractivity contribution is 0.0787. The van der Waals surface area contributed by atoms with Crippen molar-refractivity contribution in [3.05, 3.63) is 29.8 Å². The third kappa shape index (κ3) is 2.61. The van der Waals surface area contributed by atoms with E-state index in [2.05, 4.69) is 20.4 Å². The molecule has 1 amide bonds. The summed E-state index contributed by atoms with van der Waals surface area (Å²) in [5.74, 6) is 1.50. The second-order valence-electron chi connectivity index (χ2n) is 4.71. The molecule has 0 radical (unpaired) electrons. The average molecular weight is 273 g/mol. The van der Waals surface area contributed by atoms with Crippen LogP contribution in [-0.2, 0) is 0 Å². The van der Waals surface area contributed by atoms with Crippen molar-refractivity contribution in [3.63, 3.8) is 0 Å². The zero-order valence-corrected chi connectivity index (χ0v) is 11.2. The molecular weight excluding hydrogens is 258 g/mol. The number of nitrogens with zero attached hydrogens (tertiary/aromatic N) is 4. The van der Waals surface area contributed by atoms with Gasteiger partial charge in [-0.05, 0) is 25.8 Å². The zero-order chi connectivity index (χ0) is 13.9. The molecule has 0 atom stereocenters. The van der Waals surface area contributed by atoms with E-state index in [-0.39, 0.29) is 5.91 Å². The molecule has 1 N–H and O–H groups in total. The Morgan fingerprint density at radius 1 is 1.40 bits per heavy atom. The standard InChI is InChI=1S/C13H15N5O2/c1-9-8-11(17-20-9)16-13-14-5-4-10(15-13)12(19)18-6-2-3-7-18/h4-5,8H,2-3,6-7H2,1H3,(H,14,15,16,17). The highest BCUT2D eigenvalue weighted by atomic mass is 16.5. The Morgan fingerprint density at radius 3 is 2.90 bits per heavy atom. The number of aromatic nitrogens is 3. The van der Waals surface area contributed by atoms with E-state index in [1.165, 1.54) is 0 Å². The molecular formula is C13H15N5O2. The Morgan fingerprint density at radius 2 is 2.20 bits per heavy atom. The number of likely N-dealkylation sites (tertiary alicyclic amines) is 1. The fourth-order valence-corrected chi connectivity index (χ4v) is 2.16. The van der Waals surface area contributed by atoms with Crippen molar-refractivity contribution < 1.29 is 9.32 Å². The van der Waals surface area contributed by atoms with Crippen molar-refractivity contribution in [2.24, 2.45) is 0 Å². The van der Waals surface area contributed by atoms with Gasteiger partial charge in [-0.1, -0.05) is 5.16 Å². The Hall–Kier alpha value is -2.44. The second kappa shape index (κ2) is 5.28. The van der Waals surface area contributed by atoms with Crippen LogP contribution in [0.25, 0.3) is 0 Å². The predicted octanol–water partition coefficient (Wildman–Crippen LogP) is 1.75. The SMILES string of the molecule is Cc1cc(Nc2nccc(C(=O)N3CCCC3)n2)no1. The van der Waals surface area contributed by atoms with Crippen LogP contribution >= 0.6 is 0 Å². The van der Waals surface area contributed by atoms with E-state index in [9.17, 15) is 4.79 Å². The molecule has 0 aromatic carbocycles. The number of anilines is 2. The van der Waals surface area contributed by atoms with Crippen molar-refractivity contribution in [1.82, 2.24) is 20.0 Å². The third-order valence-corrected chi connectivity index (χ3v) is 3.14. The van der Waals surface area contributed by atoms with E-state index >= 15 is 0 Å². The first-order valence-corrected chi connectivity index (χ1v) is 6.55. The molecule has 7 nitrogen and oxygen atoms in total. The van der Waals surface area contributed by atoms with Crippen LogP contribution in [0.4, 0.5) is 11.8 Å². The van der Waals surface area contributed by atoms with Gasteiger partial charge < -0.3 is 14.7 Å². The fraction of sp³-hybridized carbons (Fsp3) is 0.385. The van der Waals surface area contributed by atoms with E-state index in [1.54, 1.807) is 25.3 Å². The number of hydrogen-bond donors (Lipinski definition) is 1. The minimum Gasteiger partial charge on any atom is -0.360 e. The maximum absolute atomic E-state index is 12.2. The molecule has 1 fully saturated rings. The number of rotatable bonds is 3. The van der Waals surface area contributed by atoms with E-state index in [0.29, 0.717) is 23.2 Å². The number of aryl methyl sites for hydroxylation is 1. The van der Waals surface area contributed by atoms with Gasteiger partial charge in [0.05, 0.1) is 0 Å². The summed E-state index contributed by atoms with van der Waals surface area (Å²) < 4.78 is 4.95. The van der Waals surface area contributed by atoms with Crippen LogP contribution in [0.2, 0.25) is 0 Å². The van der Waals surface area contributed by atoms with Crippen molar-refractivity contribution in [2.75, 3.05) is 18.4 Å². The highest BCUT2D eigenvalue weighted by molar-refractivity contribution is 5.92. The minimum absolute atomic E-state index is 0.0516. The summed E-state index contributed by atoms with van der Waals surface area (Å²) in [6.45, 7) is 3.40. The van der Waals surface area contributed by atoms with Gasteiger partial charge in [-0.3, -0.25) is 4.79 Å². The van der Waals surface area contributed by atoms with Gasteiger partial charge in [-0.25, -0.2) is 9.97 Å². The van der Waals surface area contributed by atoms with Crippen molar-refractivity contribution in [2.45, 2.75) is 19.8 Å². The first-order chi connectivity index (χ1) is 9.72. The van der Waals surface area contributed by atoms with Crippen molar-refractivity contribution >= 4 is 17.7 Å². The monoisotopic (exact) mass is 273 g/mol. The lowest BCUT2D eigenvalue weighted by Crippen LogP contribution is -2.28. The van der Waals surface area contributed by atoms with E-state index in [1.807, 2.05) is 4.90 Å². The summed E-state index contributed by atoms with van der Waals surface area (Å²) in [6, 6.07) is 3.36. The number of carbonyl (C=O) groups excluding carboxylic acids is 1. The molecule has 2 aromatic rings. The molecule has 20 heavy (non-hydrogen) atoms. The molecule has 3 heterocycles. The van der Waals surface area contributed by atoms with Gasteiger partial charge in [0.15, 0.2) is 5.82 Å². The minimum atomic E-state index is -0.0516. The van der Waals surface area contributed by atoms with E-state index in [4.69, 9.17) is 4.52 Å². The topological polar surface area (TPSA) is 84.2 Å². The number of nitrogens with one attached hydrogen (secondary N) is 1. The van der Waals surface area contributed by atoms with Gasteiger partial charge in [-0.2, -0.15) is 0 Å². The Kier molecular flexibility index (Phi) is 3.32. The van der Waals surface area contributed by atoms with Crippen LogP contribution in [0.5, 0.6) is 0 Å². The van der Waals surface area contributed by atoms with Gasteiger partial charge in [-0.15, -0.1) is 0 Å². The molecule has 2 aromatic heterocycles. The summed E-state index contributed by atoms with van der Waals surface area (Å²) >= 11 is 0. The molecule has 7 heteroatoms. The molecule has 0 unspecified atom stereocenters. The van der Waals surface area contributed by atoms with Gasteiger partial charge >= 0.3 is 0 Å². The van der Waals surface area contributed by atoms with Crippen molar-refractivity contribution in [1.29, 1.82) is 0 Å². The molecule has 0 spiro atoms. The van der Waals surface area contributed by atoms with Gasteiger partial charge in [0.2, 0.25) is 5.95 Å². The van der Waals surface area contributed by atoms with Crippen LogP contribution in [0.3, 0.4) is 0 Å². The zero-order valence-electron chi connectivity index (χ0n) is 11.2. The van der Waals surface area contributed by atoms with Crippen LogP contribution < -0.4 is 5.32 Å². The summed E-state index contributed by atoms with van der Waals surface area (Å²) in [6.07, 6.45) is 3.67. The molecule has 104 valence electrons. The molecule has 0 bridgehead atoms. The lowest BCUT2D eigenvalue weighted by atomic mass is 10.3. The van der Waals surface area contributed by atoms with Gasteiger partial charge in [0.25, 0.3) is 5.91 Å². The summed E-state index contributed by atoms with van der Waals surface area (Å²) in [5.41, 5.74) is 0.393. The predicted molar refractivity (Wildman–Crippen MR) is 71.7 cm³/mol. The highest BCUT2D eigenvalue weighted by Crippen LogP contribution is 2.15. The molecule has 0 aliphatic carbocycles. The Balaban J connectivity index is 1.76. The molecule has 1 aliphatic rings. The molecule has 1 saturated heterocycles. The third-order valence-electron chi connectivity index (χ3n) is 3.14. The van der Waals surface area contributed by atoms with Crippen molar-refractivity contribution in [3.8, 4) is 0 Å². The van der Waals surface area contributed by atoms with Gasteiger partial charge in [0, 0.05) is 25.4 Å². The maximum atomic E-state index is 12.2. The average Bonchev–Trinajstić information content (AvgIpc) is 3.10. The second-order valence-corrected chi connectivity index (χ2v) is 4.71.